The molecule has 2 aromatic heterocycles. The van der Waals surface area contributed by atoms with Crippen LogP contribution in [-0.4, -0.2) is 15.6 Å². The van der Waals surface area contributed by atoms with Gasteiger partial charge in [0, 0.05) is 5.69 Å². The highest BCUT2D eigenvalue weighted by Crippen LogP contribution is 2.28. The van der Waals surface area contributed by atoms with Crippen LogP contribution in [0.15, 0.2) is 69.7 Å². The third-order valence-corrected chi connectivity index (χ3v) is 6.27. The lowest BCUT2D eigenvalue weighted by molar-refractivity contribution is 0.257. The molecule has 6 nitrogen and oxygen atoms in total. The minimum atomic E-state index is -0.354. The molecule has 2 N–H and O–H groups in total. The number of aromatic nitrogens is 2. The van der Waals surface area contributed by atoms with E-state index in [0.29, 0.717) is 32.4 Å². The molecular formula is C20H15ClN4O2S2. The minimum absolute atomic E-state index is 0.127. The van der Waals surface area contributed by atoms with E-state index in [1.165, 1.54) is 23.3 Å². The van der Waals surface area contributed by atoms with Crippen LogP contribution in [0.1, 0.15) is 5.82 Å². The Kier molecular flexibility index (Phi) is 5.57. The number of hydrogen-bond acceptors (Lipinski definition) is 5. The number of amides is 2. The molecule has 0 saturated carbocycles. The van der Waals surface area contributed by atoms with Crippen molar-refractivity contribution < 1.29 is 4.79 Å². The number of carbonyl (C=O) groups excluding carboxylic acids is 1. The Morgan fingerprint density at radius 1 is 1.10 bits per heavy atom. The Morgan fingerprint density at radius 2 is 1.86 bits per heavy atom. The van der Waals surface area contributed by atoms with Crippen molar-refractivity contribution in [2.75, 3.05) is 5.32 Å². The van der Waals surface area contributed by atoms with Gasteiger partial charge in [-0.1, -0.05) is 23.7 Å². The van der Waals surface area contributed by atoms with E-state index in [1.807, 2.05) is 24.3 Å². The number of urea groups is 1. The summed E-state index contributed by atoms with van der Waals surface area (Å²) < 4.78 is 5.81. The first kappa shape index (κ1) is 19.5. The van der Waals surface area contributed by atoms with Crippen molar-refractivity contribution in [3.8, 4) is 5.69 Å². The molecule has 0 fully saturated rings. The molecule has 0 saturated heterocycles. The first-order chi connectivity index (χ1) is 14.0. The number of aryl methyl sites for hydroxylation is 1. The molecule has 9 heteroatoms. The van der Waals surface area contributed by atoms with Gasteiger partial charge in [-0.15, -0.1) is 11.3 Å². The normalized spacial score (nSPS) is 10.8. The average molecular weight is 443 g/mol. The quantitative estimate of drug-likeness (QED) is 0.424. The zero-order valence-electron chi connectivity index (χ0n) is 15.2. The van der Waals surface area contributed by atoms with Crippen LogP contribution in [0.5, 0.6) is 0 Å². The van der Waals surface area contributed by atoms with Crippen LogP contribution in [-0.2, 0) is 0 Å². The fraction of sp³-hybridized carbons (Fsp3) is 0.0500. The monoisotopic (exact) mass is 442 g/mol. The molecule has 2 aromatic carbocycles. The van der Waals surface area contributed by atoms with E-state index in [-0.39, 0.29) is 11.6 Å². The van der Waals surface area contributed by atoms with Crippen molar-refractivity contribution in [3.05, 3.63) is 81.2 Å². The molecule has 0 unspecified atom stereocenters. The second kappa shape index (κ2) is 8.28. The lowest BCUT2D eigenvalue weighted by Crippen LogP contribution is -2.23. The van der Waals surface area contributed by atoms with E-state index in [2.05, 4.69) is 15.0 Å². The van der Waals surface area contributed by atoms with Gasteiger partial charge in [0.25, 0.3) is 5.56 Å². The predicted molar refractivity (Wildman–Crippen MR) is 119 cm³/mol. The summed E-state index contributed by atoms with van der Waals surface area (Å²) >= 11 is 8.45. The Labute approximate surface area is 179 Å². The Hall–Kier alpha value is -2.81. The number of nitrogens with zero attached hydrogens (tertiary/aromatic N) is 2. The van der Waals surface area contributed by atoms with E-state index in [1.54, 1.807) is 47.9 Å². The molecule has 0 bridgehead atoms. The van der Waals surface area contributed by atoms with Gasteiger partial charge < -0.3 is 5.32 Å². The molecule has 2 amide bonds. The minimum Gasteiger partial charge on any atom is -0.307 e. The topological polar surface area (TPSA) is 76.0 Å². The van der Waals surface area contributed by atoms with Gasteiger partial charge in [-0.2, -0.15) is 0 Å². The Morgan fingerprint density at radius 3 is 2.59 bits per heavy atom. The second-order valence-electron chi connectivity index (χ2n) is 6.08. The van der Waals surface area contributed by atoms with Crippen molar-refractivity contribution in [1.29, 1.82) is 0 Å². The van der Waals surface area contributed by atoms with Crippen molar-refractivity contribution >= 4 is 57.5 Å². The highest BCUT2D eigenvalue weighted by molar-refractivity contribution is 7.99. The van der Waals surface area contributed by atoms with Crippen LogP contribution >= 0.6 is 34.9 Å². The van der Waals surface area contributed by atoms with Gasteiger partial charge in [0.05, 0.1) is 25.1 Å². The van der Waals surface area contributed by atoms with Gasteiger partial charge in [-0.3, -0.25) is 14.1 Å². The molecule has 29 heavy (non-hydrogen) atoms. The Balaban J connectivity index is 1.50. The SMILES string of the molecule is Cc1nc2ccccc2c(=O)n1-c1ccc(NC(=O)NSc2ccc(Cl)s2)cc1. The summed E-state index contributed by atoms with van der Waals surface area (Å²) in [7, 11) is 0. The lowest BCUT2D eigenvalue weighted by atomic mass is 10.2. The summed E-state index contributed by atoms with van der Waals surface area (Å²) in [6, 6.07) is 17.5. The summed E-state index contributed by atoms with van der Waals surface area (Å²) in [5, 5.41) is 3.31. The van der Waals surface area contributed by atoms with Gasteiger partial charge in [0.1, 0.15) is 5.82 Å². The van der Waals surface area contributed by atoms with Crippen LogP contribution in [0.25, 0.3) is 16.6 Å². The molecule has 4 aromatic rings. The van der Waals surface area contributed by atoms with Crippen LogP contribution in [0.3, 0.4) is 0 Å². The molecule has 146 valence electrons. The van der Waals surface area contributed by atoms with Crippen LogP contribution < -0.4 is 15.6 Å². The number of anilines is 1. The van der Waals surface area contributed by atoms with Crippen LogP contribution in [0.2, 0.25) is 4.34 Å². The number of hydrogen-bond donors (Lipinski definition) is 2. The molecular weight excluding hydrogens is 428 g/mol. The van der Waals surface area contributed by atoms with Crippen molar-refractivity contribution in [1.82, 2.24) is 14.3 Å². The maximum Gasteiger partial charge on any atom is 0.329 e. The fourth-order valence-corrected chi connectivity index (χ4v) is 4.70. The zero-order valence-corrected chi connectivity index (χ0v) is 17.6. The number of thiophene rings is 1. The summed E-state index contributed by atoms with van der Waals surface area (Å²) in [5.74, 6) is 0.596. The third kappa shape index (κ3) is 4.29. The van der Waals surface area contributed by atoms with Gasteiger partial charge in [0.15, 0.2) is 0 Å². The van der Waals surface area contributed by atoms with Crippen molar-refractivity contribution in [2.24, 2.45) is 0 Å². The number of para-hydroxylation sites is 1. The number of rotatable bonds is 4. The molecule has 4 rings (SSSR count). The van der Waals surface area contributed by atoms with E-state index in [4.69, 9.17) is 11.6 Å². The summed E-state index contributed by atoms with van der Waals surface area (Å²) in [6.07, 6.45) is 0. The van der Waals surface area contributed by atoms with E-state index in [0.717, 1.165) is 4.21 Å². The van der Waals surface area contributed by atoms with Crippen LogP contribution in [0, 0.1) is 6.92 Å². The maximum atomic E-state index is 12.9. The predicted octanol–water partition coefficient (Wildman–Crippen LogP) is 5.24. The van der Waals surface area contributed by atoms with E-state index < -0.39 is 0 Å². The molecule has 0 atom stereocenters. The number of benzene rings is 2. The average Bonchev–Trinajstić information content (AvgIpc) is 3.13. The zero-order chi connectivity index (χ0) is 20.4. The fourth-order valence-electron chi connectivity index (χ4n) is 2.85. The van der Waals surface area contributed by atoms with Crippen molar-refractivity contribution in [3.63, 3.8) is 0 Å². The first-order valence-corrected chi connectivity index (χ1v) is 10.6. The lowest BCUT2D eigenvalue weighted by Gasteiger charge is -2.12. The maximum absolute atomic E-state index is 12.9. The first-order valence-electron chi connectivity index (χ1n) is 8.59. The standard InChI is InChI=1S/C20H15ClN4O2S2/c1-12-22-16-5-3-2-4-15(16)19(26)25(12)14-8-6-13(7-9-14)23-20(27)24-29-18-11-10-17(21)28-18/h2-11H,1H3,(H2,23,24,27). The highest BCUT2D eigenvalue weighted by Gasteiger charge is 2.10. The van der Waals surface area contributed by atoms with Crippen molar-refractivity contribution in [2.45, 2.75) is 11.1 Å². The van der Waals surface area contributed by atoms with Gasteiger partial charge in [0.2, 0.25) is 0 Å². The van der Waals surface area contributed by atoms with Crippen LogP contribution in [0.4, 0.5) is 10.5 Å². The summed E-state index contributed by atoms with van der Waals surface area (Å²) in [4.78, 5) is 29.4. The summed E-state index contributed by atoms with van der Waals surface area (Å²) in [6.45, 7) is 1.79. The number of nitrogens with one attached hydrogen (secondary N) is 2. The van der Waals surface area contributed by atoms with E-state index in [9.17, 15) is 9.59 Å². The number of fused-ring (bicyclic) bond motifs is 1. The number of carbonyl (C=O) groups is 1. The molecule has 0 spiro atoms. The highest BCUT2D eigenvalue weighted by atomic mass is 35.5. The van der Waals surface area contributed by atoms with E-state index >= 15 is 0 Å². The molecule has 0 aliphatic heterocycles. The largest absolute Gasteiger partial charge is 0.329 e. The molecule has 0 radical (unpaired) electrons. The van der Waals surface area contributed by atoms with Gasteiger partial charge in [-0.25, -0.2) is 9.78 Å². The third-order valence-electron chi connectivity index (χ3n) is 4.12. The van der Waals surface area contributed by atoms with Gasteiger partial charge in [-0.05, 0) is 67.4 Å². The summed E-state index contributed by atoms with van der Waals surface area (Å²) in [5.41, 5.74) is 1.83. The molecule has 2 heterocycles. The molecule has 0 aliphatic rings. The number of halogens is 1. The van der Waals surface area contributed by atoms with Gasteiger partial charge >= 0.3 is 6.03 Å². The second-order valence-corrected chi connectivity index (χ2v) is 8.90. The Bertz CT molecular complexity index is 1250. The molecule has 0 aliphatic carbocycles. The smallest absolute Gasteiger partial charge is 0.307 e.